The first kappa shape index (κ1) is 18.8. The van der Waals surface area contributed by atoms with E-state index in [2.05, 4.69) is 17.2 Å². The van der Waals surface area contributed by atoms with Crippen LogP contribution in [0, 0.1) is 5.92 Å². The van der Waals surface area contributed by atoms with E-state index >= 15 is 0 Å². The normalized spacial score (nSPS) is 23.1. The van der Waals surface area contributed by atoms with Crippen molar-refractivity contribution in [1.82, 2.24) is 20.1 Å². The van der Waals surface area contributed by atoms with Gasteiger partial charge in [0.15, 0.2) is 0 Å². The van der Waals surface area contributed by atoms with Crippen LogP contribution in [0.5, 0.6) is 0 Å². The molecule has 0 aliphatic carbocycles. The SMILES string of the molecule is CCCc1cc(C(=O)N2CC[C@@H]3[C@@H](CCC(=O)N3CCNC)C2)ccn1. The monoisotopic (exact) mass is 358 g/mol. The molecule has 26 heavy (non-hydrogen) atoms. The minimum atomic E-state index is 0.0990. The van der Waals surface area contributed by atoms with Crippen molar-refractivity contribution < 1.29 is 9.59 Å². The second-order valence-electron chi connectivity index (χ2n) is 7.38. The highest BCUT2D eigenvalue weighted by Crippen LogP contribution is 2.31. The number of aromatic nitrogens is 1. The quantitative estimate of drug-likeness (QED) is 0.841. The average Bonchev–Trinajstić information content (AvgIpc) is 2.67. The fourth-order valence-corrected chi connectivity index (χ4v) is 4.25. The molecule has 0 spiro atoms. The highest BCUT2D eigenvalue weighted by atomic mass is 16.2. The summed E-state index contributed by atoms with van der Waals surface area (Å²) < 4.78 is 0. The molecule has 0 unspecified atom stereocenters. The zero-order chi connectivity index (χ0) is 18.5. The Morgan fingerprint density at radius 1 is 1.38 bits per heavy atom. The van der Waals surface area contributed by atoms with Crippen molar-refractivity contribution in [2.24, 2.45) is 5.92 Å². The Kier molecular flexibility index (Phi) is 6.25. The number of likely N-dealkylation sites (N-methyl/N-ethyl adjacent to an activating group) is 1. The van der Waals surface area contributed by atoms with Crippen LogP contribution in [0.3, 0.4) is 0 Å². The van der Waals surface area contributed by atoms with Gasteiger partial charge in [-0.3, -0.25) is 14.6 Å². The van der Waals surface area contributed by atoms with Crippen LogP contribution < -0.4 is 5.32 Å². The van der Waals surface area contributed by atoms with Gasteiger partial charge in [-0.2, -0.15) is 0 Å². The number of nitrogens with zero attached hydrogens (tertiary/aromatic N) is 3. The number of carbonyl (C=O) groups excluding carboxylic acids is 2. The third-order valence-corrected chi connectivity index (χ3v) is 5.60. The smallest absolute Gasteiger partial charge is 0.253 e. The Balaban J connectivity index is 1.67. The standard InChI is InChI=1S/C20H30N4O2/c1-3-4-17-13-15(7-9-22-17)20(26)23-11-8-18-16(14-23)5-6-19(25)24(18)12-10-21-2/h7,9,13,16,18,21H,3-6,8,10-12,14H2,1-2H3/t16-,18+/m0/s1. The van der Waals surface area contributed by atoms with Crippen LogP contribution in [-0.2, 0) is 11.2 Å². The van der Waals surface area contributed by atoms with Gasteiger partial charge in [0.2, 0.25) is 5.91 Å². The summed E-state index contributed by atoms with van der Waals surface area (Å²) >= 11 is 0. The van der Waals surface area contributed by atoms with Crippen LogP contribution in [0.4, 0.5) is 0 Å². The number of nitrogens with one attached hydrogen (secondary N) is 1. The lowest BCUT2D eigenvalue weighted by molar-refractivity contribution is -0.140. The molecule has 1 N–H and O–H groups in total. The van der Waals surface area contributed by atoms with Crippen LogP contribution in [0.2, 0.25) is 0 Å². The molecule has 1 aromatic heterocycles. The van der Waals surface area contributed by atoms with Gasteiger partial charge in [-0.1, -0.05) is 13.3 Å². The van der Waals surface area contributed by atoms with Gasteiger partial charge < -0.3 is 15.1 Å². The van der Waals surface area contributed by atoms with E-state index in [0.717, 1.165) is 63.1 Å². The maximum absolute atomic E-state index is 13.0. The Bertz CT molecular complexity index is 648. The molecule has 0 radical (unpaired) electrons. The highest BCUT2D eigenvalue weighted by molar-refractivity contribution is 5.94. The van der Waals surface area contributed by atoms with Crippen LogP contribution in [0.1, 0.15) is 48.7 Å². The Morgan fingerprint density at radius 2 is 2.23 bits per heavy atom. The number of pyridine rings is 1. The van der Waals surface area contributed by atoms with Crippen molar-refractivity contribution in [3.63, 3.8) is 0 Å². The summed E-state index contributed by atoms with van der Waals surface area (Å²) in [5, 5.41) is 3.13. The minimum absolute atomic E-state index is 0.0990. The molecular formula is C20H30N4O2. The van der Waals surface area contributed by atoms with Crippen molar-refractivity contribution in [1.29, 1.82) is 0 Å². The predicted molar refractivity (Wildman–Crippen MR) is 101 cm³/mol. The molecule has 2 atom stereocenters. The van der Waals surface area contributed by atoms with E-state index in [4.69, 9.17) is 0 Å². The van der Waals surface area contributed by atoms with Gasteiger partial charge in [0, 0.05) is 56.1 Å². The average molecular weight is 358 g/mol. The molecule has 1 aromatic rings. The first-order chi connectivity index (χ1) is 12.6. The lowest BCUT2D eigenvalue weighted by atomic mass is 9.83. The van der Waals surface area contributed by atoms with Gasteiger partial charge in [0.05, 0.1) is 0 Å². The molecule has 2 amide bonds. The van der Waals surface area contributed by atoms with E-state index in [-0.39, 0.29) is 17.9 Å². The predicted octanol–water partition coefficient (Wildman–Crippen LogP) is 1.71. The molecule has 0 saturated carbocycles. The van der Waals surface area contributed by atoms with Gasteiger partial charge >= 0.3 is 0 Å². The summed E-state index contributed by atoms with van der Waals surface area (Å²) in [7, 11) is 1.91. The van der Waals surface area contributed by atoms with Crippen molar-refractivity contribution in [3.8, 4) is 0 Å². The van der Waals surface area contributed by atoms with Gasteiger partial charge in [0.25, 0.3) is 5.91 Å². The summed E-state index contributed by atoms with van der Waals surface area (Å²) in [6, 6.07) is 4.03. The third kappa shape index (κ3) is 4.06. The van der Waals surface area contributed by atoms with E-state index < -0.39 is 0 Å². The number of likely N-dealkylation sites (tertiary alicyclic amines) is 2. The van der Waals surface area contributed by atoms with E-state index in [9.17, 15) is 9.59 Å². The Labute approximate surface area is 156 Å². The van der Waals surface area contributed by atoms with E-state index in [1.807, 2.05) is 29.0 Å². The summed E-state index contributed by atoms with van der Waals surface area (Å²) in [5.41, 5.74) is 1.72. The molecule has 2 aliphatic rings. The second kappa shape index (κ2) is 8.62. The third-order valence-electron chi connectivity index (χ3n) is 5.60. The topological polar surface area (TPSA) is 65.5 Å². The lowest BCUT2D eigenvalue weighted by Crippen LogP contribution is -2.57. The number of hydrogen-bond donors (Lipinski definition) is 1. The van der Waals surface area contributed by atoms with Gasteiger partial charge in [-0.05, 0) is 44.4 Å². The fourth-order valence-electron chi connectivity index (χ4n) is 4.25. The number of piperidine rings is 2. The summed E-state index contributed by atoms with van der Waals surface area (Å²) in [5.74, 6) is 0.751. The molecule has 3 heterocycles. The molecule has 2 saturated heterocycles. The first-order valence-electron chi connectivity index (χ1n) is 9.82. The van der Waals surface area contributed by atoms with Gasteiger partial charge in [0.1, 0.15) is 0 Å². The molecule has 142 valence electrons. The fraction of sp³-hybridized carbons (Fsp3) is 0.650. The van der Waals surface area contributed by atoms with Crippen LogP contribution in [0.25, 0.3) is 0 Å². The van der Waals surface area contributed by atoms with E-state index in [1.54, 1.807) is 6.20 Å². The number of carbonyl (C=O) groups is 2. The number of aryl methyl sites for hydroxylation is 1. The number of rotatable bonds is 6. The number of fused-ring (bicyclic) bond motifs is 1. The van der Waals surface area contributed by atoms with Crippen LogP contribution in [0.15, 0.2) is 18.3 Å². The largest absolute Gasteiger partial charge is 0.338 e. The number of amides is 2. The number of hydrogen-bond acceptors (Lipinski definition) is 4. The molecule has 0 aromatic carbocycles. The second-order valence-corrected chi connectivity index (χ2v) is 7.38. The van der Waals surface area contributed by atoms with Crippen LogP contribution in [-0.4, -0.2) is 65.9 Å². The first-order valence-corrected chi connectivity index (χ1v) is 9.82. The summed E-state index contributed by atoms with van der Waals surface area (Å²) in [6.07, 6.45) is 6.02. The molecule has 3 rings (SSSR count). The molecule has 6 nitrogen and oxygen atoms in total. The van der Waals surface area contributed by atoms with Crippen molar-refractivity contribution in [3.05, 3.63) is 29.6 Å². The highest BCUT2D eigenvalue weighted by Gasteiger charge is 2.40. The molecule has 2 aliphatic heterocycles. The van der Waals surface area contributed by atoms with Gasteiger partial charge in [-0.25, -0.2) is 0 Å². The molecule has 0 bridgehead atoms. The van der Waals surface area contributed by atoms with Crippen LogP contribution >= 0.6 is 0 Å². The zero-order valence-corrected chi connectivity index (χ0v) is 15.9. The van der Waals surface area contributed by atoms with Crippen molar-refractivity contribution in [2.75, 3.05) is 33.2 Å². The van der Waals surface area contributed by atoms with E-state index in [0.29, 0.717) is 12.3 Å². The van der Waals surface area contributed by atoms with E-state index in [1.165, 1.54) is 0 Å². The maximum Gasteiger partial charge on any atom is 0.253 e. The minimum Gasteiger partial charge on any atom is -0.338 e. The maximum atomic E-state index is 13.0. The van der Waals surface area contributed by atoms with Crippen molar-refractivity contribution in [2.45, 2.75) is 45.1 Å². The molecule has 2 fully saturated rings. The van der Waals surface area contributed by atoms with Gasteiger partial charge in [-0.15, -0.1) is 0 Å². The lowest BCUT2D eigenvalue weighted by Gasteiger charge is -2.47. The summed E-state index contributed by atoms with van der Waals surface area (Å²) in [4.78, 5) is 33.6. The Morgan fingerprint density at radius 3 is 3.00 bits per heavy atom. The zero-order valence-electron chi connectivity index (χ0n) is 15.9. The Hall–Kier alpha value is -1.95. The molecule has 6 heteroatoms. The molecular weight excluding hydrogens is 328 g/mol. The summed E-state index contributed by atoms with van der Waals surface area (Å²) in [6.45, 7) is 5.15. The van der Waals surface area contributed by atoms with Crippen molar-refractivity contribution >= 4 is 11.8 Å².